The fourth-order valence-electron chi connectivity index (χ4n) is 8.07. The van der Waals surface area contributed by atoms with Crippen LogP contribution in [0.5, 0.6) is 23.0 Å². The molecular formula is C56H80O10Si3. The predicted molar refractivity (Wildman–Crippen MR) is 288 cm³/mol. The second-order valence-electron chi connectivity index (χ2n) is 19.1. The molecule has 0 aliphatic rings. The summed E-state index contributed by atoms with van der Waals surface area (Å²) < 4.78 is 47.9. The van der Waals surface area contributed by atoms with Gasteiger partial charge in [0.1, 0.15) is 23.0 Å². The van der Waals surface area contributed by atoms with Crippen LogP contribution in [0.1, 0.15) is 77.0 Å². The molecule has 0 atom stereocenters. The highest BCUT2D eigenvalue weighted by Gasteiger charge is 2.39. The molecule has 4 rings (SSSR count). The zero-order chi connectivity index (χ0) is 49.8. The van der Waals surface area contributed by atoms with Crippen LogP contribution in [-0.2, 0) is 27.3 Å². The van der Waals surface area contributed by atoms with Crippen molar-refractivity contribution >= 4 is 37.1 Å². The van der Waals surface area contributed by atoms with E-state index in [4.69, 9.17) is 36.7 Å². The Kier molecular flexibility index (Phi) is 25.1. The molecule has 0 amide bonds. The molecule has 0 spiro atoms. The van der Waals surface area contributed by atoms with Gasteiger partial charge in [0.15, 0.2) is 16.6 Å². The molecule has 4 aromatic rings. The standard InChI is InChI=1S/C56H80O10Si3/c1-9-55(57)63-43-17-13-11-15-39-59-51-31-23-47(24-32-51)49-27-35-53(36-28-49)61-41-19-21-45-67(3,4)65-69(7,8)66-68(5,6)46-22-20-42-62-54-37-29-50(30-38-54)48-25-33-52(34-26-48)60-40-16-12-14-18-44-64-56(58)10-2/h9-10,23-38H,1-2,11-22,39-46H2,3-8H3. The zero-order valence-corrected chi connectivity index (χ0v) is 45.5. The van der Waals surface area contributed by atoms with E-state index in [2.05, 4.69) is 101 Å². The van der Waals surface area contributed by atoms with Gasteiger partial charge in [-0.15, -0.1) is 0 Å². The highest BCUT2D eigenvalue weighted by atomic mass is 28.5. The largest absolute Gasteiger partial charge is 0.494 e. The average Bonchev–Trinajstić information content (AvgIpc) is 3.32. The second-order valence-corrected chi connectivity index (χ2v) is 31.6. The van der Waals surface area contributed by atoms with E-state index in [1.165, 1.54) is 12.2 Å². The van der Waals surface area contributed by atoms with Gasteiger partial charge in [-0.05, 0) is 186 Å². The van der Waals surface area contributed by atoms with E-state index in [0.29, 0.717) is 39.6 Å². The number of carbonyl (C=O) groups excluding carboxylic acids is 2. The third-order valence-corrected chi connectivity index (χ3v) is 22.9. The summed E-state index contributed by atoms with van der Waals surface area (Å²) in [7, 11) is -6.15. The van der Waals surface area contributed by atoms with Gasteiger partial charge >= 0.3 is 20.5 Å². The van der Waals surface area contributed by atoms with E-state index in [-0.39, 0.29) is 11.9 Å². The van der Waals surface area contributed by atoms with Crippen LogP contribution in [0.3, 0.4) is 0 Å². The Morgan fingerprint density at radius 3 is 0.884 bits per heavy atom. The lowest BCUT2D eigenvalue weighted by Crippen LogP contribution is -2.52. The van der Waals surface area contributed by atoms with Gasteiger partial charge in [0, 0.05) is 12.2 Å². The van der Waals surface area contributed by atoms with Crippen LogP contribution in [-0.4, -0.2) is 76.8 Å². The molecule has 0 saturated heterocycles. The van der Waals surface area contributed by atoms with E-state index < -0.39 is 25.2 Å². The van der Waals surface area contributed by atoms with Crippen molar-refractivity contribution < 1.29 is 46.2 Å². The summed E-state index contributed by atoms with van der Waals surface area (Å²) in [5.41, 5.74) is 4.54. The van der Waals surface area contributed by atoms with E-state index in [9.17, 15) is 9.59 Å². The van der Waals surface area contributed by atoms with Gasteiger partial charge in [0.05, 0.1) is 39.6 Å². The molecule has 376 valence electrons. The first-order valence-corrected chi connectivity index (χ1v) is 34.1. The lowest BCUT2D eigenvalue weighted by Gasteiger charge is -2.38. The maximum Gasteiger partial charge on any atom is 0.330 e. The predicted octanol–water partition coefficient (Wildman–Crippen LogP) is 14.5. The summed E-state index contributed by atoms with van der Waals surface area (Å²) in [6.45, 7) is 24.1. The third-order valence-electron chi connectivity index (χ3n) is 11.4. The molecule has 13 heteroatoms. The van der Waals surface area contributed by atoms with Crippen LogP contribution in [0.4, 0.5) is 0 Å². The van der Waals surface area contributed by atoms with Crippen molar-refractivity contribution in [1.82, 2.24) is 0 Å². The Labute approximate surface area is 417 Å². The maximum absolute atomic E-state index is 11.1. The Morgan fingerprint density at radius 2 is 0.623 bits per heavy atom. The van der Waals surface area contributed by atoms with Crippen molar-refractivity contribution in [3.63, 3.8) is 0 Å². The van der Waals surface area contributed by atoms with Gasteiger partial charge < -0.3 is 36.7 Å². The minimum absolute atomic E-state index is 0.364. The first-order chi connectivity index (χ1) is 33.2. The van der Waals surface area contributed by atoms with Crippen LogP contribution < -0.4 is 18.9 Å². The van der Waals surface area contributed by atoms with Gasteiger partial charge in [0.2, 0.25) is 0 Å². The van der Waals surface area contributed by atoms with Gasteiger partial charge in [0.25, 0.3) is 0 Å². The monoisotopic (exact) mass is 997 g/mol. The van der Waals surface area contributed by atoms with Crippen molar-refractivity contribution in [2.45, 2.75) is 128 Å². The van der Waals surface area contributed by atoms with Crippen LogP contribution in [0.2, 0.25) is 51.4 Å². The topological polar surface area (TPSA) is 108 Å². The molecule has 0 aromatic heterocycles. The molecule has 4 aromatic carbocycles. The summed E-state index contributed by atoms with van der Waals surface area (Å²) in [6.07, 6.45) is 14.2. The molecular weight excluding hydrogens is 917 g/mol. The molecule has 0 N–H and O–H groups in total. The maximum atomic E-state index is 11.1. The zero-order valence-electron chi connectivity index (χ0n) is 42.5. The number of unbranched alkanes of at least 4 members (excludes halogenated alkanes) is 8. The first-order valence-electron chi connectivity index (χ1n) is 25.1. The first kappa shape index (κ1) is 56.7. The number of rotatable bonds is 36. The minimum atomic E-state index is -2.30. The number of hydrogen-bond acceptors (Lipinski definition) is 10. The fourth-order valence-corrected chi connectivity index (χ4v) is 22.3. The molecule has 0 fully saturated rings. The van der Waals surface area contributed by atoms with E-state index in [1.807, 2.05) is 48.5 Å². The van der Waals surface area contributed by atoms with Crippen LogP contribution in [0.15, 0.2) is 122 Å². The molecule has 0 radical (unpaired) electrons. The summed E-state index contributed by atoms with van der Waals surface area (Å²) in [5.74, 6) is 2.77. The lowest BCUT2D eigenvalue weighted by atomic mass is 10.1. The van der Waals surface area contributed by atoms with Crippen molar-refractivity contribution in [2.75, 3.05) is 39.6 Å². The van der Waals surface area contributed by atoms with Gasteiger partial charge in [-0.2, -0.15) is 0 Å². The minimum Gasteiger partial charge on any atom is -0.494 e. The quantitative estimate of drug-likeness (QED) is 0.0189. The van der Waals surface area contributed by atoms with Gasteiger partial charge in [-0.1, -0.05) is 74.5 Å². The van der Waals surface area contributed by atoms with Crippen LogP contribution in [0.25, 0.3) is 22.3 Å². The van der Waals surface area contributed by atoms with Crippen molar-refractivity contribution in [2.24, 2.45) is 0 Å². The molecule has 0 aliphatic heterocycles. The number of benzene rings is 4. The molecule has 0 saturated carbocycles. The normalized spacial score (nSPS) is 11.7. The van der Waals surface area contributed by atoms with Crippen molar-refractivity contribution in [3.05, 3.63) is 122 Å². The van der Waals surface area contributed by atoms with E-state index in [0.717, 1.165) is 134 Å². The fraction of sp³-hybridized carbons (Fsp3) is 0.464. The third kappa shape index (κ3) is 24.0. The molecule has 0 bridgehead atoms. The Balaban J connectivity index is 1.04. The summed E-state index contributed by atoms with van der Waals surface area (Å²) in [5, 5.41) is 0. The van der Waals surface area contributed by atoms with E-state index in [1.54, 1.807) is 0 Å². The molecule has 10 nitrogen and oxygen atoms in total. The number of carbonyl (C=O) groups is 2. The summed E-state index contributed by atoms with van der Waals surface area (Å²) >= 11 is 0. The Morgan fingerprint density at radius 1 is 0.377 bits per heavy atom. The van der Waals surface area contributed by atoms with Crippen molar-refractivity contribution in [1.29, 1.82) is 0 Å². The van der Waals surface area contributed by atoms with Crippen molar-refractivity contribution in [3.8, 4) is 45.3 Å². The van der Waals surface area contributed by atoms with Gasteiger partial charge in [-0.3, -0.25) is 0 Å². The van der Waals surface area contributed by atoms with E-state index >= 15 is 0 Å². The summed E-state index contributed by atoms with van der Waals surface area (Å²) in [4.78, 5) is 22.2. The SMILES string of the molecule is C=CC(=O)OCCCCCCOc1ccc(-c2ccc(OCCCC[Si](C)(C)O[Si](C)(C)O[Si](C)(C)CCCCOc3ccc(-c4ccc(OCCCCCCOC(=O)C=C)cc4)cc3)cc2)cc1. The van der Waals surface area contributed by atoms with Gasteiger partial charge in [-0.25, -0.2) is 9.59 Å². The number of ether oxygens (including phenoxy) is 6. The Hall–Kier alpha value is -4.93. The molecule has 0 aliphatic carbocycles. The summed E-state index contributed by atoms with van der Waals surface area (Å²) in [6, 6.07) is 35.2. The number of hydrogen-bond donors (Lipinski definition) is 0. The smallest absolute Gasteiger partial charge is 0.330 e. The highest BCUT2D eigenvalue weighted by Crippen LogP contribution is 2.29. The molecule has 0 heterocycles. The van der Waals surface area contributed by atoms with Crippen LogP contribution in [0, 0.1) is 0 Å². The molecule has 69 heavy (non-hydrogen) atoms. The second kappa shape index (κ2) is 30.6. The highest BCUT2D eigenvalue weighted by molar-refractivity contribution is 6.87. The Bertz CT molecular complexity index is 1940. The average molecular weight is 998 g/mol. The van der Waals surface area contributed by atoms with Crippen LogP contribution >= 0.6 is 0 Å². The lowest BCUT2D eigenvalue weighted by molar-refractivity contribution is -0.138. The molecule has 0 unspecified atom stereocenters. The number of esters is 2.